The summed E-state index contributed by atoms with van der Waals surface area (Å²) >= 11 is 0. The maximum atomic E-state index is 13.6. The van der Waals surface area contributed by atoms with Crippen molar-refractivity contribution in [2.45, 2.75) is 13.2 Å². The molecule has 0 aliphatic carbocycles. The fourth-order valence-corrected chi connectivity index (χ4v) is 6.06. The Hall–Kier alpha value is -3.96. The van der Waals surface area contributed by atoms with Gasteiger partial charge in [0.25, 0.3) is 15.9 Å². The number of alkyl halides is 2. The quantitative estimate of drug-likeness (QED) is 0.456. The first-order valence-electron chi connectivity index (χ1n) is 11.9. The zero-order valence-electron chi connectivity index (χ0n) is 20.2. The fourth-order valence-electron chi connectivity index (χ4n) is 4.38. The molecule has 1 saturated heterocycles. The van der Waals surface area contributed by atoms with Crippen LogP contribution in [0.15, 0.2) is 84.6 Å². The molecule has 2 heterocycles. The van der Waals surface area contributed by atoms with E-state index in [1.54, 1.807) is 42.5 Å². The lowest BCUT2D eigenvalue weighted by molar-refractivity contribution is -0.122. The molecular weight excluding hydrogens is 516 g/mol. The van der Waals surface area contributed by atoms with Crippen LogP contribution < -0.4 is 15.0 Å². The number of anilines is 2. The summed E-state index contributed by atoms with van der Waals surface area (Å²) in [4.78, 5) is 15.6. The van der Waals surface area contributed by atoms with E-state index in [-0.39, 0.29) is 22.9 Å². The highest BCUT2D eigenvalue weighted by Gasteiger charge is 2.44. The lowest BCUT2D eigenvalue weighted by Gasteiger charge is -2.29. The van der Waals surface area contributed by atoms with Crippen LogP contribution in [-0.4, -0.2) is 51.5 Å². The van der Waals surface area contributed by atoms with Gasteiger partial charge in [-0.15, -0.1) is 0 Å². The zero-order chi connectivity index (χ0) is 26.7. The summed E-state index contributed by atoms with van der Waals surface area (Å²) in [7, 11) is -4.22. The van der Waals surface area contributed by atoms with E-state index in [4.69, 9.17) is 4.74 Å². The molecule has 11 heteroatoms. The van der Waals surface area contributed by atoms with E-state index in [2.05, 4.69) is 15.0 Å². The Morgan fingerprint density at radius 1 is 0.921 bits per heavy atom. The van der Waals surface area contributed by atoms with Gasteiger partial charge in [0, 0.05) is 24.5 Å². The number of carbonyl (C=O) groups excluding carboxylic acids is 1. The highest BCUT2D eigenvalue weighted by Crippen LogP contribution is 2.37. The second-order valence-electron chi connectivity index (χ2n) is 8.68. The molecule has 0 atom stereocenters. The number of halogens is 2. The van der Waals surface area contributed by atoms with E-state index >= 15 is 0 Å². The maximum absolute atomic E-state index is 13.6. The Bertz CT molecular complexity index is 1420. The third kappa shape index (κ3) is 5.34. The number of carbonyl (C=O) groups is 1. The minimum atomic E-state index is -4.22. The molecule has 0 radical (unpaired) electrons. The van der Waals surface area contributed by atoms with E-state index in [1.165, 1.54) is 24.3 Å². The first-order chi connectivity index (χ1) is 18.3. The van der Waals surface area contributed by atoms with Gasteiger partial charge in [-0.25, -0.2) is 12.7 Å². The smallest absolute Gasteiger partial charge is 0.387 e. The van der Waals surface area contributed by atoms with Gasteiger partial charge in [0.15, 0.2) is 0 Å². The molecule has 0 saturated carbocycles. The van der Waals surface area contributed by atoms with Gasteiger partial charge in [-0.3, -0.25) is 4.79 Å². The van der Waals surface area contributed by atoms with Gasteiger partial charge in [0.1, 0.15) is 16.4 Å². The first kappa shape index (κ1) is 25.7. The molecular formula is C27H25F2N3O5S. The van der Waals surface area contributed by atoms with E-state index in [0.29, 0.717) is 30.0 Å². The predicted molar refractivity (Wildman–Crippen MR) is 139 cm³/mol. The summed E-state index contributed by atoms with van der Waals surface area (Å²) in [6.07, 6.45) is 0. The van der Waals surface area contributed by atoms with Gasteiger partial charge in [-0.05, 0) is 47.5 Å². The van der Waals surface area contributed by atoms with Crippen LogP contribution >= 0.6 is 0 Å². The summed E-state index contributed by atoms with van der Waals surface area (Å²) in [5.41, 5.74) is 2.31. The molecule has 0 bridgehead atoms. The molecule has 1 N–H and O–H groups in total. The number of benzene rings is 3. The van der Waals surface area contributed by atoms with Gasteiger partial charge in [0.2, 0.25) is 0 Å². The van der Waals surface area contributed by atoms with Crippen LogP contribution in [0.3, 0.4) is 0 Å². The van der Waals surface area contributed by atoms with Crippen molar-refractivity contribution < 1.29 is 31.5 Å². The predicted octanol–water partition coefficient (Wildman–Crippen LogP) is 4.28. The maximum Gasteiger partial charge on any atom is 0.387 e. The Morgan fingerprint density at radius 3 is 2.21 bits per heavy atom. The van der Waals surface area contributed by atoms with Crippen LogP contribution in [0, 0.1) is 0 Å². The van der Waals surface area contributed by atoms with Crippen molar-refractivity contribution in [2.75, 3.05) is 36.5 Å². The van der Waals surface area contributed by atoms with Crippen LogP contribution in [0.2, 0.25) is 0 Å². The molecule has 5 rings (SSSR count). The average molecular weight is 542 g/mol. The summed E-state index contributed by atoms with van der Waals surface area (Å²) in [5, 5.41) is 3.03. The van der Waals surface area contributed by atoms with E-state index in [0.717, 1.165) is 23.1 Å². The first-order valence-corrected chi connectivity index (χ1v) is 13.4. The second kappa shape index (κ2) is 10.8. The molecule has 3 aromatic carbocycles. The van der Waals surface area contributed by atoms with Crippen LogP contribution in [0.5, 0.6) is 5.75 Å². The number of nitrogens with one attached hydrogen (secondary N) is 1. The standard InChI is InChI=1S/C27H25F2N3O5S/c28-27(29)37-23-12-6-19(7-13-23)18-32-26(33)24(25(38(32,34)35)20-4-2-1-3-5-20)30-21-8-10-22(11-9-21)31-14-16-36-17-15-31/h1-13,27,30H,14-18H2. The fraction of sp³-hybridized carbons (Fsp3) is 0.222. The van der Waals surface area contributed by atoms with Crippen LogP contribution in [-0.2, 0) is 26.1 Å². The average Bonchev–Trinajstić information content (AvgIpc) is 3.10. The number of amides is 1. The molecule has 0 unspecified atom stereocenters. The summed E-state index contributed by atoms with van der Waals surface area (Å²) in [6, 6.07) is 21.3. The number of morpholine rings is 1. The Kier molecular flexibility index (Phi) is 7.30. The van der Waals surface area contributed by atoms with Gasteiger partial charge < -0.3 is 19.7 Å². The van der Waals surface area contributed by atoms with Crippen molar-refractivity contribution in [3.05, 3.63) is 95.7 Å². The van der Waals surface area contributed by atoms with Crippen molar-refractivity contribution >= 4 is 32.2 Å². The third-order valence-electron chi connectivity index (χ3n) is 6.24. The highest BCUT2D eigenvalue weighted by molar-refractivity contribution is 7.99. The van der Waals surface area contributed by atoms with E-state index < -0.39 is 22.5 Å². The van der Waals surface area contributed by atoms with Crippen molar-refractivity contribution in [3.63, 3.8) is 0 Å². The van der Waals surface area contributed by atoms with Crippen LogP contribution in [0.25, 0.3) is 4.91 Å². The van der Waals surface area contributed by atoms with Crippen molar-refractivity contribution in [1.29, 1.82) is 0 Å². The Balaban J connectivity index is 1.44. The molecule has 38 heavy (non-hydrogen) atoms. The molecule has 1 fully saturated rings. The summed E-state index contributed by atoms with van der Waals surface area (Å²) in [6.45, 7) is -0.396. The normalized spacial score (nSPS) is 17.3. The van der Waals surface area contributed by atoms with Crippen LogP contribution in [0.1, 0.15) is 11.1 Å². The lowest BCUT2D eigenvalue weighted by atomic mass is 10.1. The molecule has 198 valence electrons. The monoisotopic (exact) mass is 541 g/mol. The Morgan fingerprint density at radius 2 is 1.58 bits per heavy atom. The third-order valence-corrected chi connectivity index (χ3v) is 8.07. The van der Waals surface area contributed by atoms with Crippen molar-refractivity contribution in [1.82, 2.24) is 4.31 Å². The lowest BCUT2D eigenvalue weighted by Crippen LogP contribution is -2.36. The molecule has 0 spiro atoms. The number of ether oxygens (including phenoxy) is 2. The largest absolute Gasteiger partial charge is 0.435 e. The van der Waals surface area contributed by atoms with Crippen LogP contribution in [0.4, 0.5) is 20.2 Å². The SMILES string of the molecule is O=C1C(Nc2ccc(N3CCOCC3)cc2)=C(c2ccccc2)S(=O)(=O)N1Cc1ccc(OC(F)F)cc1. The highest BCUT2D eigenvalue weighted by atomic mass is 32.2. The molecule has 8 nitrogen and oxygen atoms in total. The zero-order valence-corrected chi connectivity index (χ0v) is 21.0. The number of hydrogen-bond donors (Lipinski definition) is 1. The number of nitrogens with zero attached hydrogens (tertiary/aromatic N) is 2. The van der Waals surface area contributed by atoms with Crippen molar-refractivity contribution in [2.24, 2.45) is 0 Å². The summed E-state index contributed by atoms with van der Waals surface area (Å²) in [5.74, 6) is -0.778. The number of rotatable bonds is 8. The minimum Gasteiger partial charge on any atom is -0.435 e. The van der Waals surface area contributed by atoms with Gasteiger partial charge in [0.05, 0.1) is 19.8 Å². The van der Waals surface area contributed by atoms with Gasteiger partial charge in [-0.2, -0.15) is 8.78 Å². The Labute approximate surface area is 219 Å². The topological polar surface area (TPSA) is 88.2 Å². The molecule has 0 aromatic heterocycles. The number of sulfonamides is 1. The summed E-state index contributed by atoms with van der Waals surface area (Å²) < 4.78 is 62.8. The molecule has 3 aromatic rings. The molecule has 2 aliphatic rings. The van der Waals surface area contributed by atoms with Crippen molar-refractivity contribution in [3.8, 4) is 5.75 Å². The van der Waals surface area contributed by atoms with Gasteiger partial charge >= 0.3 is 6.61 Å². The van der Waals surface area contributed by atoms with E-state index in [9.17, 15) is 22.0 Å². The minimum absolute atomic E-state index is 0.0621. The molecule has 2 aliphatic heterocycles. The van der Waals surface area contributed by atoms with Gasteiger partial charge in [-0.1, -0.05) is 42.5 Å². The molecule has 1 amide bonds. The number of hydrogen-bond acceptors (Lipinski definition) is 7. The van der Waals surface area contributed by atoms with E-state index in [1.807, 2.05) is 12.1 Å². The second-order valence-corrected chi connectivity index (χ2v) is 10.5.